The maximum atomic E-state index is 15.8. The monoisotopic (exact) mass is 595 g/mol. The van der Waals surface area contributed by atoms with Crippen LogP contribution in [0.2, 0.25) is 0 Å². The molecule has 1 aliphatic carbocycles. The van der Waals surface area contributed by atoms with E-state index in [4.69, 9.17) is 5.73 Å². The van der Waals surface area contributed by atoms with E-state index < -0.39 is 17.6 Å². The second-order valence-electron chi connectivity index (χ2n) is 12.8. The molecule has 12 heteroatoms. The number of nitrogens with two attached hydrogens (primary N) is 1. The summed E-state index contributed by atoms with van der Waals surface area (Å²) in [5, 5.41) is 10.9. The molecule has 2 atom stereocenters. The number of amides is 2. The Kier molecular flexibility index (Phi) is 8.74. The Bertz CT molecular complexity index is 1300. The van der Waals surface area contributed by atoms with E-state index in [-0.39, 0.29) is 29.9 Å². The van der Waals surface area contributed by atoms with E-state index in [2.05, 4.69) is 30.5 Å². The van der Waals surface area contributed by atoms with Gasteiger partial charge in [0, 0.05) is 32.4 Å². The van der Waals surface area contributed by atoms with Crippen molar-refractivity contribution in [1.82, 2.24) is 24.6 Å². The third-order valence-corrected chi connectivity index (χ3v) is 10.0. The van der Waals surface area contributed by atoms with Crippen LogP contribution in [0.3, 0.4) is 0 Å². The number of rotatable bonds is 4. The van der Waals surface area contributed by atoms with Crippen LogP contribution in [0, 0.1) is 0 Å². The molecular weight excluding hydrogens is 549 g/mol. The molecule has 5 heterocycles. The van der Waals surface area contributed by atoms with E-state index in [0.29, 0.717) is 37.7 Å². The zero-order chi connectivity index (χ0) is 30.0. The van der Waals surface area contributed by atoms with Crippen LogP contribution in [0.15, 0.2) is 18.5 Å². The number of nitrogens with one attached hydrogen (secondary N) is 2. The molecule has 4 aliphatic rings. The van der Waals surface area contributed by atoms with Crippen LogP contribution in [-0.4, -0.2) is 93.9 Å². The van der Waals surface area contributed by atoms with Crippen LogP contribution in [0.4, 0.5) is 27.4 Å². The highest BCUT2D eigenvalue weighted by Gasteiger charge is 2.45. The van der Waals surface area contributed by atoms with Gasteiger partial charge in [-0.15, -0.1) is 0 Å². The smallest absolute Gasteiger partial charge is 0.263 e. The molecular formula is C31H46FN9O2. The molecule has 2 aromatic heterocycles. The third-order valence-electron chi connectivity index (χ3n) is 10.0. The van der Waals surface area contributed by atoms with E-state index >= 15 is 4.39 Å². The average molecular weight is 596 g/mol. The van der Waals surface area contributed by atoms with Gasteiger partial charge in [0.25, 0.3) is 5.91 Å². The van der Waals surface area contributed by atoms with Crippen molar-refractivity contribution >= 4 is 34.8 Å². The zero-order valence-corrected chi connectivity index (χ0v) is 25.4. The molecule has 6 rings (SSSR count). The molecule has 234 valence electrons. The van der Waals surface area contributed by atoms with Crippen LogP contribution in [0.25, 0.3) is 0 Å². The van der Waals surface area contributed by atoms with Gasteiger partial charge in [0.2, 0.25) is 5.91 Å². The quantitative estimate of drug-likeness (QED) is 0.487. The molecule has 0 radical (unpaired) electrons. The van der Waals surface area contributed by atoms with Gasteiger partial charge in [-0.3, -0.25) is 19.5 Å². The Hall–Kier alpha value is -3.41. The Labute approximate surface area is 253 Å². The number of nitrogens with zero attached hydrogens (tertiary/aromatic N) is 6. The minimum Gasteiger partial charge on any atom is -0.381 e. The van der Waals surface area contributed by atoms with Crippen molar-refractivity contribution in [2.45, 2.75) is 94.9 Å². The topological polar surface area (TPSA) is 125 Å². The fraction of sp³-hybridized carbons (Fsp3) is 0.677. The van der Waals surface area contributed by atoms with Crippen LogP contribution in [0.5, 0.6) is 0 Å². The number of fused-ring (bicyclic) bond motifs is 1. The lowest BCUT2D eigenvalue weighted by Gasteiger charge is -2.42. The number of nitrogen functional groups attached to an aromatic ring is 1. The van der Waals surface area contributed by atoms with Crippen LogP contribution in [0.1, 0.15) is 81.0 Å². The molecule has 1 spiro atoms. The van der Waals surface area contributed by atoms with Gasteiger partial charge >= 0.3 is 0 Å². The number of pyridine rings is 1. The highest BCUT2D eigenvalue weighted by Crippen LogP contribution is 2.40. The summed E-state index contributed by atoms with van der Waals surface area (Å²) in [6, 6.07) is 1.86. The van der Waals surface area contributed by atoms with Gasteiger partial charge in [0.05, 0.1) is 35.7 Å². The Balaban J connectivity index is 1.17. The number of likely N-dealkylation sites (tertiary alicyclic amines) is 1. The number of hydrogen-bond acceptors (Lipinski definition) is 8. The normalized spacial score (nSPS) is 24.8. The second kappa shape index (κ2) is 12.7. The molecule has 2 aromatic rings. The number of alkyl halides is 1. The Morgan fingerprint density at radius 3 is 2.40 bits per heavy atom. The van der Waals surface area contributed by atoms with Crippen LogP contribution in [-0.2, 0) is 11.3 Å². The van der Waals surface area contributed by atoms with Gasteiger partial charge < -0.3 is 26.2 Å². The summed E-state index contributed by atoms with van der Waals surface area (Å²) in [6.45, 7) is 3.60. The highest BCUT2D eigenvalue weighted by molar-refractivity contribution is 6.12. The Morgan fingerprint density at radius 2 is 1.72 bits per heavy atom. The average Bonchev–Trinajstić information content (AvgIpc) is 3.58. The van der Waals surface area contributed by atoms with Gasteiger partial charge in [-0.05, 0) is 45.3 Å². The van der Waals surface area contributed by atoms with Crippen molar-refractivity contribution in [3.63, 3.8) is 0 Å². The molecule has 4 N–H and O–H groups in total. The van der Waals surface area contributed by atoms with Crippen molar-refractivity contribution in [1.29, 1.82) is 0 Å². The standard InChI is InChI=1S/C31H46FN9O2/c1-38-15-9-10-24(38)30(43)40-18-16-39(17-19-40)23-11-14-34-20-22(23)35-29(42)26-27(33)37-41-21-25(32)31(36-28(26)41)12-7-5-3-2-4-6-8-13-31/h11,14,20,24-25,36H,2-10,12-13,15-19,21H2,1H3,(H2,33,37)(H,35,42)/t24-,25?/m1/s1. The fourth-order valence-corrected chi connectivity index (χ4v) is 7.48. The van der Waals surface area contributed by atoms with E-state index in [1.165, 1.54) is 23.9 Å². The molecule has 1 saturated carbocycles. The van der Waals surface area contributed by atoms with Gasteiger partial charge in [0.1, 0.15) is 17.6 Å². The maximum absolute atomic E-state index is 15.8. The lowest BCUT2D eigenvalue weighted by Crippen LogP contribution is -2.53. The number of carbonyl (C=O) groups is 2. The van der Waals surface area contributed by atoms with Crippen molar-refractivity contribution in [2.75, 3.05) is 61.0 Å². The third kappa shape index (κ3) is 6.03. The minimum atomic E-state index is -1.11. The maximum Gasteiger partial charge on any atom is 0.263 e. The molecule has 1 unspecified atom stereocenters. The second-order valence-corrected chi connectivity index (χ2v) is 12.8. The van der Waals surface area contributed by atoms with Crippen LogP contribution < -0.4 is 21.3 Å². The summed E-state index contributed by atoms with van der Waals surface area (Å²) in [5.74, 6) is 0.389. The molecule has 0 bridgehead atoms. The number of hydrogen-bond donors (Lipinski definition) is 3. The molecule has 3 fully saturated rings. The first-order valence-corrected chi connectivity index (χ1v) is 16.1. The molecule has 43 heavy (non-hydrogen) atoms. The largest absolute Gasteiger partial charge is 0.381 e. The SMILES string of the molecule is CN1CCC[C@@H]1C(=O)N1CCN(c2ccncc2NC(=O)c2c(N)nn3c2NC2(CCCCCCCCC2)C(F)C3)CC1. The minimum absolute atomic E-state index is 0.0217. The summed E-state index contributed by atoms with van der Waals surface area (Å²) >= 11 is 0. The van der Waals surface area contributed by atoms with Crippen molar-refractivity contribution in [2.24, 2.45) is 0 Å². The predicted octanol–water partition coefficient (Wildman–Crippen LogP) is 3.88. The lowest BCUT2D eigenvalue weighted by atomic mass is 9.80. The molecule has 0 aromatic carbocycles. The molecule has 2 saturated heterocycles. The van der Waals surface area contributed by atoms with Gasteiger partial charge in [-0.2, -0.15) is 5.10 Å². The summed E-state index contributed by atoms with van der Waals surface area (Å²) in [5.41, 5.74) is 7.23. The summed E-state index contributed by atoms with van der Waals surface area (Å²) < 4.78 is 17.3. The first-order valence-electron chi connectivity index (χ1n) is 16.1. The highest BCUT2D eigenvalue weighted by atomic mass is 19.1. The van der Waals surface area contributed by atoms with E-state index in [1.807, 2.05) is 18.0 Å². The zero-order valence-electron chi connectivity index (χ0n) is 25.4. The lowest BCUT2D eigenvalue weighted by molar-refractivity contribution is -0.135. The summed E-state index contributed by atoms with van der Waals surface area (Å²) in [4.78, 5) is 37.5. The van der Waals surface area contributed by atoms with Crippen molar-refractivity contribution in [3.8, 4) is 0 Å². The van der Waals surface area contributed by atoms with Gasteiger partial charge in [-0.25, -0.2) is 9.07 Å². The van der Waals surface area contributed by atoms with Crippen molar-refractivity contribution < 1.29 is 14.0 Å². The van der Waals surface area contributed by atoms with E-state index in [9.17, 15) is 9.59 Å². The van der Waals surface area contributed by atoms with Crippen molar-refractivity contribution in [3.05, 3.63) is 24.0 Å². The summed E-state index contributed by atoms with van der Waals surface area (Å²) in [7, 11) is 2.02. The van der Waals surface area contributed by atoms with Crippen LogP contribution >= 0.6 is 0 Å². The predicted molar refractivity (Wildman–Crippen MR) is 166 cm³/mol. The molecule has 11 nitrogen and oxygen atoms in total. The summed E-state index contributed by atoms with van der Waals surface area (Å²) in [6.07, 6.45) is 13.3. The first kappa shape index (κ1) is 29.7. The number of piperazine rings is 1. The fourth-order valence-electron chi connectivity index (χ4n) is 7.48. The Morgan fingerprint density at radius 1 is 1.02 bits per heavy atom. The number of likely N-dealkylation sites (N-methyl/N-ethyl adjacent to an activating group) is 1. The number of aromatic nitrogens is 3. The van der Waals surface area contributed by atoms with E-state index in [0.717, 1.165) is 63.6 Å². The van der Waals surface area contributed by atoms with E-state index in [1.54, 1.807) is 12.4 Å². The molecule has 3 aliphatic heterocycles. The van der Waals surface area contributed by atoms with Gasteiger partial charge in [0.15, 0.2) is 5.82 Å². The number of anilines is 4. The molecule has 2 amide bonds. The van der Waals surface area contributed by atoms with Gasteiger partial charge in [-0.1, -0.05) is 44.9 Å². The number of halogens is 1. The number of carbonyl (C=O) groups excluding carboxylic acids is 2. The first-order chi connectivity index (χ1) is 20.9.